The van der Waals surface area contributed by atoms with Crippen molar-refractivity contribution in [2.75, 3.05) is 4.90 Å². The van der Waals surface area contributed by atoms with Crippen molar-refractivity contribution in [2.24, 2.45) is 0 Å². The van der Waals surface area contributed by atoms with Gasteiger partial charge in [0.1, 0.15) is 0 Å². The van der Waals surface area contributed by atoms with Gasteiger partial charge < -0.3 is 4.90 Å². The molecule has 0 radical (unpaired) electrons. The molecule has 0 saturated heterocycles. The van der Waals surface area contributed by atoms with Gasteiger partial charge >= 0.3 is 0 Å². The fraction of sp³-hybridized carbons (Fsp3) is 0. The number of benzene rings is 11. The zero-order valence-electron chi connectivity index (χ0n) is 30.2. The molecule has 11 aromatic rings. The van der Waals surface area contributed by atoms with E-state index >= 15 is 0 Å². The number of hydrogen-bond donors (Lipinski definition) is 0. The van der Waals surface area contributed by atoms with Crippen LogP contribution in [0.25, 0.3) is 86.9 Å². The number of rotatable bonds is 5. The molecule has 0 amide bonds. The zero-order chi connectivity index (χ0) is 36.3. The Hall–Kier alpha value is -7.22. The fourth-order valence-corrected chi connectivity index (χ4v) is 8.85. The van der Waals surface area contributed by atoms with E-state index in [1.807, 2.05) is 0 Å². The summed E-state index contributed by atoms with van der Waals surface area (Å²) in [5.41, 5.74) is 8.27. The molecular weight excluding hydrogens is 663 g/mol. The number of anilines is 3. The lowest BCUT2D eigenvalue weighted by atomic mass is 9.85. The van der Waals surface area contributed by atoms with E-state index in [1.54, 1.807) is 0 Å². The van der Waals surface area contributed by atoms with Crippen LogP contribution in [0.2, 0.25) is 0 Å². The number of nitrogens with zero attached hydrogens (tertiary/aromatic N) is 1. The largest absolute Gasteiger partial charge is 0.310 e. The molecule has 0 spiro atoms. The molecule has 0 aliphatic rings. The molecule has 0 aliphatic heterocycles. The van der Waals surface area contributed by atoms with Gasteiger partial charge in [0, 0.05) is 17.1 Å². The van der Waals surface area contributed by atoms with Gasteiger partial charge in [0.05, 0.1) is 0 Å². The molecule has 0 aromatic heterocycles. The summed E-state index contributed by atoms with van der Waals surface area (Å²) < 4.78 is 0. The molecule has 11 aromatic carbocycles. The first-order valence-electron chi connectivity index (χ1n) is 19.0. The maximum absolute atomic E-state index is 2.44. The van der Waals surface area contributed by atoms with Crippen LogP contribution in [-0.4, -0.2) is 0 Å². The molecule has 0 aliphatic carbocycles. The predicted molar refractivity (Wildman–Crippen MR) is 237 cm³/mol. The molecule has 0 atom stereocenters. The van der Waals surface area contributed by atoms with Crippen LogP contribution >= 0.6 is 0 Å². The summed E-state index contributed by atoms with van der Waals surface area (Å²) in [5.74, 6) is 0. The normalized spacial score (nSPS) is 11.6. The van der Waals surface area contributed by atoms with E-state index in [0.29, 0.717) is 0 Å². The third-order valence-electron chi connectivity index (χ3n) is 11.4. The van der Waals surface area contributed by atoms with Crippen LogP contribution in [-0.2, 0) is 0 Å². The first-order chi connectivity index (χ1) is 27.3. The highest BCUT2D eigenvalue weighted by molar-refractivity contribution is 6.22. The Labute approximate surface area is 320 Å². The molecular formula is C54H35N. The lowest BCUT2D eigenvalue weighted by Gasteiger charge is -2.28. The van der Waals surface area contributed by atoms with E-state index in [-0.39, 0.29) is 0 Å². The van der Waals surface area contributed by atoms with Gasteiger partial charge in [-0.1, -0.05) is 176 Å². The highest BCUT2D eigenvalue weighted by Gasteiger charge is 2.21. The van der Waals surface area contributed by atoms with Gasteiger partial charge in [0.25, 0.3) is 0 Å². The lowest BCUT2D eigenvalue weighted by molar-refractivity contribution is 1.30. The molecule has 55 heavy (non-hydrogen) atoms. The summed E-state index contributed by atoms with van der Waals surface area (Å²) in [6.45, 7) is 0. The van der Waals surface area contributed by atoms with Crippen molar-refractivity contribution in [3.63, 3.8) is 0 Å². The summed E-state index contributed by atoms with van der Waals surface area (Å²) in [5, 5.41) is 15.0. The standard InChI is InChI=1S/C54H35N/c1-3-15-38(16-4-1)53-51-22-12-11-21-49(51)50-32-29-44(35-52(50)54(53)39-17-5-2-6-18-39)55(42-27-30-47-40(33-42)25-23-36-13-7-9-19-45(36)47)43-28-31-48-41(34-43)26-24-37-14-8-10-20-46(37)48/h1-35H. The Balaban J connectivity index is 1.21. The first kappa shape index (κ1) is 31.3. The van der Waals surface area contributed by atoms with Crippen LogP contribution in [0.4, 0.5) is 17.1 Å². The second-order valence-electron chi connectivity index (χ2n) is 14.5. The van der Waals surface area contributed by atoms with Gasteiger partial charge in [-0.05, 0) is 123 Å². The SMILES string of the molecule is c1ccc(-c2c(-c3ccccc3)c3cc(N(c4ccc5c(ccc6ccccc65)c4)c4ccc5c(ccc6ccccc65)c4)ccc3c3ccccc23)cc1. The highest BCUT2D eigenvalue weighted by Crippen LogP contribution is 2.47. The molecule has 0 N–H and O–H groups in total. The van der Waals surface area contributed by atoms with E-state index in [4.69, 9.17) is 0 Å². The van der Waals surface area contributed by atoms with E-state index in [9.17, 15) is 0 Å². The Morgan fingerprint density at radius 2 is 0.582 bits per heavy atom. The molecule has 11 rings (SSSR count). The van der Waals surface area contributed by atoms with Crippen molar-refractivity contribution in [3.05, 3.63) is 212 Å². The van der Waals surface area contributed by atoms with Crippen LogP contribution in [0, 0.1) is 0 Å². The maximum atomic E-state index is 2.44. The summed E-state index contributed by atoms with van der Waals surface area (Å²) in [4.78, 5) is 2.44. The average Bonchev–Trinajstić information content (AvgIpc) is 3.26. The van der Waals surface area contributed by atoms with Crippen molar-refractivity contribution in [1.82, 2.24) is 0 Å². The molecule has 0 bridgehead atoms. The first-order valence-corrected chi connectivity index (χ1v) is 19.0. The monoisotopic (exact) mass is 697 g/mol. The molecule has 0 unspecified atom stereocenters. The van der Waals surface area contributed by atoms with Crippen molar-refractivity contribution in [2.45, 2.75) is 0 Å². The third kappa shape index (κ3) is 5.16. The maximum Gasteiger partial charge on any atom is 0.0468 e. The summed E-state index contributed by atoms with van der Waals surface area (Å²) in [7, 11) is 0. The molecule has 0 saturated carbocycles. The summed E-state index contributed by atoms with van der Waals surface area (Å²) in [6, 6.07) is 78.0. The van der Waals surface area contributed by atoms with Crippen molar-refractivity contribution < 1.29 is 0 Å². The van der Waals surface area contributed by atoms with E-state index in [1.165, 1.54) is 86.9 Å². The minimum Gasteiger partial charge on any atom is -0.310 e. The second-order valence-corrected chi connectivity index (χ2v) is 14.5. The lowest BCUT2D eigenvalue weighted by Crippen LogP contribution is -2.10. The van der Waals surface area contributed by atoms with Crippen LogP contribution in [0.1, 0.15) is 0 Å². The molecule has 1 heteroatoms. The second kappa shape index (κ2) is 12.7. The topological polar surface area (TPSA) is 3.24 Å². The quantitative estimate of drug-likeness (QED) is 0.162. The van der Waals surface area contributed by atoms with Crippen LogP contribution in [0.5, 0.6) is 0 Å². The van der Waals surface area contributed by atoms with Gasteiger partial charge in [-0.2, -0.15) is 0 Å². The van der Waals surface area contributed by atoms with Crippen LogP contribution in [0.3, 0.4) is 0 Å². The molecule has 256 valence electrons. The van der Waals surface area contributed by atoms with Gasteiger partial charge in [0.15, 0.2) is 0 Å². The molecule has 0 fully saturated rings. The Bertz CT molecular complexity index is 3130. The van der Waals surface area contributed by atoms with Crippen LogP contribution < -0.4 is 4.90 Å². The van der Waals surface area contributed by atoms with Crippen LogP contribution in [0.15, 0.2) is 212 Å². The predicted octanol–water partition coefficient (Wildman–Crippen LogP) is 15.4. The fourth-order valence-electron chi connectivity index (χ4n) is 8.85. The van der Waals surface area contributed by atoms with E-state index in [2.05, 4.69) is 217 Å². The van der Waals surface area contributed by atoms with Crippen molar-refractivity contribution in [3.8, 4) is 22.3 Å². The highest BCUT2D eigenvalue weighted by atomic mass is 15.1. The van der Waals surface area contributed by atoms with Gasteiger partial charge in [-0.25, -0.2) is 0 Å². The third-order valence-corrected chi connectivity index (χ3v) is 11.4. The Kier molecular flexibility index (Phi) is 7.25. The summed E-state index contributed by atoms with van der Waals surface area (Å²) in [6.07, 6.45) is 0. The molecule has 1 nitrogen and oxygen atoms in total. The van der Waals surface area contributed by atoms with Gasteiger partial charge in [-0.3, -0.25) is 0 Å². The Morgan fingerprint density at radius 3 is 1.13 bits per heavy atom. The van der Waals surface area contributed by atoms with E-state index < -0.39 is 0 Å². The minimum absolute atomic E-state index is 1.11. The van der Waals surface area contributed by atoms with Crippen molar-refractivity contribution in [1.29, 1.82) is 0 Å². The Morgan fingerprint density at radius 1 is 0.218 bits per heavy atom. The van der Waals surface area contributed by atoms with Gasteiger partial charge in [-0.15, -0.1) is 0 Å². The summed E-state index contributed by atoms with van der Waals surface area (Å²) >= 11 is 0. The number of fused-ring (bicyclic) bond motifs is 9. The smallest absolute Gasteiger partial charge is 0.0468 e. The van der Waals surface area contributed by atoms with E-state index in [0.717, 1.165) is 17.1 Å². The number of hydrogen-bond acceptors (Lipinski definition) is 1. The van der Waals surface area contributed by atoms with Gasteiger partial charge in [0.2, 0.25) is 0 Å². The zero-order valence-corrected chi connectivity index (χ0v) is 30.2. The molecule has 0 heterocycles. The minimum atomic E-state index is 1.11. The van der Waals surface area contributed by atoms with Crippen molar-refractivity contribution >= 4 is 81.7 Å². The average molecular weight is 698 g/mol.